The zero-order valence-corrected chi connectivity index (χ0v) is 18.6. The van der Waals surface area contributed by atoms with Crippen LogP contribution in [0.3, 0.4) is 0 Å². The molecule has 0 spiro atoms. The molecular formula is C23H30F4N4O2. The molecular weight excluding hydrogens is 440 g/mol. The summed E-state index contributed by atoms with van der Waals surface area (Å²) in [6, 6.07) is 3.69. The molecule has 3 fully saturated rings. The van der Waals surface area contributed by atoms with Gasteiger partial charge in [-0.15, -0.1) is 0 Å². The summed E-state index contributed by atoms with van der Waals surface area (Å²) in [6.07, 6.45) is -1.40. The number of benzene rings is 1. The third kappa shape index (κ3) is 5.66. The maximum Gasteiger partial charge on any atom is 0.419 e. The highest BCUT2D eigenvalue weighted by atomic mass is 19.4. The second-order valence-electron chi connectivity index (χ2n) is 9.11. The minimum atomic E-state index is -4.80. The fraction of sp³-hybridized carbons (Fsp3) is 0.652. The number of rotatable bonds is 5. The van der Waals surface area contributed by atoms with Crippen LogP contribution in [0.4, 0.5) is 17.6 Å². The van der Waals surface area contributed by atoms with E-state index in [0.29, 0.717) is 44.8 Å². The van der Waals surface area contributed by atoms with Crippen molar-refractivity contribution in [1.29, 1.82) is 0 Å². The SMILES string of the molecule is O=C(Cc1cccc(C(F)(F)F)c1F)N1CCN(CC(=O)N2CCN(C3CCC3)CC2)CC1. The maximum atomic E-state index is 14.2. The summed E-state index contributed by atoms with van der Waals surface area (Å²) in [5.74, 6) is -1.71. The van der Waals surface area contributed by atoms with Crippen molar-refractivity contribution in [3.63, 3.8) is 0 Å². The average Bonchev–Trinajstić information content (AvgIpc) is 2.74. The number of piperazine rings is 2. The predicted molar refractivity (Wildman–Crippen MR) is 114 cm³/mol. The van der Waals surface area contributed by atoms with E-state index in [1.165, 1.54) is 30.2 Å². The summed E-state index contributed by atoms with van der Waals surface area (Å²) in [5.41, 5.74) is -1.61. The van der Waals surface area contributed by atoms with Gasteiger partial charge in [0.1, 0.15) is 5.82 Å². The summed E-state index contributed by atoms with van der Waals surface area (Å²) >= 11 is 0. The topological polar surface area (TPSA) is 47.1 Å². The van der Waals surface area contributed by atoms with E-state index in [4.69, 9.17) is 0 Å². The van der Waals surface area contributed by atoms with Crippen molar-refractivity contribution >= 4 is 11.8 Å². The zero-order valence-electron chi connectivity index (χ0n) is 18.6. The lowest BCUT2D eigenvalue weighted by atomic mass is 9.91. The lowest BCUT2D eigenvalue weighted by Gasteiger charge is -2.43. The molecule has 1 saturated carbocycles. The van der Waals surface area contributed by atoms with Crippen molar-refractivity contribution in [2.75, 3.05) is 58.9 Å². The van der Waals surface area contributed by atoms with Crippen LogP contribution in [0.15, 0.2) is 18.2 Å². The van der Waals surface area contributed by atoms with Gasteiger partial charge in [-0.25, -0.2) is 4.39 Å². The van der Waals surface area contributed by atoms with Crippen molar-refractivity contribution in [2.24, 2.45) is 0 Å². The molecule has 0 radical (unpaired) electrons. The van der Waals surface area contributed by atoms with E-state index in [2.05, 4.69) is 4.90 Å². The van der Waals surface area contributed by atoms with Gasteiger partial charge >= 0.3 is 6.18 Å². The Bertz CT molecular complexity index is 859. The van der Waals surface area contributed by atoms with E-state index < -0.39 is 29.9 Å². The number of hydrogen-bond acceptors (Lipinski definition) is 4. The number of carbonyl (C=O) groups excluding carboxylic acids is 2. The summed E-state index contributed by atoms with van der Waals surface area (Å²) in [4.78, 5) is 33.1. The average molecular weight is 471 g/mol. The molecule has 33 heavy (non-hydrogen) atoms. The number of nitrogens with zero attached hydrogens (tertiary/aromatic N) is 4. The molecule has 0 aromatic heterocycles. The zero-order chi connectivity index (χ0) is 23.6. The Balaban J connectivity index is 1.22. The van der Waals surface area contributed by atoms with Crippen LogP contribution in [0.1, 0.15) is 30.4 Å². The molecule has 1 aromatic carbocycles. The second kappa shape index (κ2) is 9.97. The molecule has 10 heteroatoms. The molecule has 2 amide bonds. The third-order valence-electron chi connectivity index (χ3n) is 7.07. The quantitative estimate of drug-likeness (QED) is 0.620. The molecule has 3 aliphatic rings. The van der Waals surface area contributed by atoms with Gasteiger partial charge in [-0.1, -0.05) is 18.6 Å². The van der Waals surface area contributed by atoms with Gasteiger partial charge in [0, 0.05) is 58.4 Å². The Kier molecular flexibility index (Phi) is 7.23. The van der Waals surface area contributed by atoms with Crippen LogP contribution in [0.25, 0.3) is 0 Å². The van der Waals surface area contributed by atoms with E-state index >= 15 is 0 Å². The van der Waals surface area contributed by atoms with Crippen molar-refractivity contribution in [2.45, 2.75) is 37.9 Å². The molecule has 2 heterocycles. The van der Waals surface area contributed by atoms with Gasteiger partial charge in [-0.05, 0) is 24.5 Å². The normalized spacial score (nSPS) is 21.2. The Morgan fingerprint density at radius 3 is 2.06 bits per heavy atom. The van der Waals surface area contributed by atoms with E-state index in [9.17, 15) is 27.2 Å². The van der Waals surface area contributed by atoms with Crippen LogP contribution in [0, 0.1) is 5.82 Å². The molecule has 2 aliphatic heterocycles. The number of halogens is 4. The Labute approximate surface area is 191 Å². The van der Waals surface area contributed by atoms with Crippen LogP contribution in [0.2, 0.25) is 0 Å². The Morgan fingerprint density at radius 2 is 1.48 bits per heavy atom. The highest BCUT2D eigenvalue weighted by Crippen LogP contribution is 2.32. The number of amides is 2. The lowest BCUT2D eigenvalue weighted by Crippen LogP contribution is -2.56. The van der Waals surface area contributed by atoms with Crippen LogP contribution < -0.4 is 0 Å². The molecule has 0 atom stereocenters. The van der Waals surface area contributed by atoms with Gasteiger partial charge in [-0.2, -0.15) is 13.2 Å². The smallest absolute Gasteiger partial charge is 0.340 e. The van der Waals surface area contributed by atoms with Gasteiger partial charge in [0.15, 0.2) is 0 Å². The summed E-state index contributed by atoms with van der Waals surface area (Å²) in [7, 11) is 0. The van der Waals surface area contributed by atoms with Crippen molar-refractivity contribution in [1.82, 2.24) is 19.6 Å². The Hall–Kier alpha value is -2.20. The van der Waals surface area contributed by atoms with Crippen LogP contribution in [-0.4, -0.2) is 96.4 Å². The van der Waals surface area contributed by atoms with E-state index in [0.717, 1.165) is 32.2 Å². The van der Waals surface area contributed by atoms with Crippen molar-refractivity contribution in [3.05, 3.63) is 35.1 Å². The molecule has 1 aromatic rings. The van der Waals surface area contributed by atoms with Gasteiger partial charge in [0.2, 0.25) is 11.8 Å². The summed E-state index contributed by atoms with van der Waals surface area (Å²) < 4.78 is 52.9. The van der Waals surface area contributed by atoms with Crippen LogP contribution >= 0.6 is 0 Å². The first-order valence-electron chi connectivity index (χ1n) is 11.6. The fourth-order valence-corrected chi connectivity index (χ4v) is 4.74. The molecule has 0 bridgehead atoms. The van der Waals surface area contributed by atoms with Gasteiger partial charge < -0.3 is 9.80 Å². The molecule has 0 unspecified atom stereocenters. The molecule has 4 rings (SSSR count). The van der Waals surface area contributed by atoms with Crippen LogP contribution in [-0.2, 0) is 22.2 Å². The highest BCUT2D eigenvalue weighted by molar-refractivity contribution is 5.80. The first kappa shape index (κ1) is 23.9. The maximum absolute atomic E-state index is 14.2. The lowest BCUT2D eigenvalue weighted by molar-refractivity contribution is -0.140. The van der Waals surface area contributed by atoms with Crippen molar-refractivity contribution < 1.29 is 27.2 Å². The van der Waals surface area contributed by atoms with Gasteiger partial charge in [0.25, 0.3) is 0 Å². The fourth-order valence-electron chi connectivity index (χ4n) is 4.74. The second-order valence-corrected chi connectivity index (χ2v) is 9.11. The first-order chi connectivity index (χ1) is 15.7. The first-order valence-corrected chi connectivity index (χ1v) is 11.6. The molecule has 0 N–H and O–H groups in total. The van der Waals surface area contributed by atoms with Crippen LogP contribution in [0.5, 0.6) is 0 Å². The van der Waals surface area contributed by atoms with Crippen molar-refractivity contribution in [3.8, 4) is 0 Å². The Morgan fingerprint density at radius 1 is 0.879 bits per heavy atom. The standard InChI is InChI=1S/C23H30F4N4O2/c24-22-17(3-1-6-19(22)23(25,26)27)15-20(32)30-9-7-28(8-10-30)16-21(33)31-13-11-29(12-14-31)18-4-2-5-18/h1,3,6,18H,2,4-5,7-16H2. The largest absolute Gasteiger partial charge is 0.419 e. The third-order valence-corrected chi connectivity index (χ3v) is 7.07. The summed E-state index contributed by atoms with van der Waals surface area (Å²) in [6.45, 7) is 5.37. The number of carbonyl (C=O) groups is 2. The monoisotopic (exact) mass is 470 g/mol. The van der Waals surface area contributed by atoms with Gasteiger partial charge in [0.05, 0.1) is 18.5 Å². The number of alkyl halides is 3. The molecule has 6 nitrogen and oxygen atoms in total. The highest BCUT2D eigenvalue weighted by Gasteiger charge is 2.35. The van der Waals surface area contributed by atoms with E-state index in [-0.39, 0.29) is 11.5 Å². The van der Waals surface area contributed by atoms with Gasteiger partial charge in [-0.3, -0.25) is 19.4 Å². The minimum Gasteiger partial charge on any atom is -0.340 e. The predicted octanol–water partition coefficient (Wildman–Crippen LogP) is 2.23. The molecule has 1 aliphatic carbocycles. The number of hydrogen-bond donors (Lipinski definition) is 0. The molecule has 2 saturated heterocycles. The van der Waals surface area contributed by atoms with E-state index in [1.807, 2.05) is 9.80 Å². The summed E-state index contributed by atoms with van der Waals surface area (Å²) in [5, 5.41) is 0. The van der Waals surface area contributed by atoms with E-state index in [1.54, 1.807) is 0 Å². The molecule has 182 valence electrons. The minimum absolute atomic E-state index is 0.0917.